The highest BCUT2D eigenvalue weighted by Crippen LogP contribution is 2.22. The summed E-state index contributed by atoms with van der Waals surface area (Å²) in [7, 11) is 3.38. The minimum absolute atomic E-state index is 0.873. The Hall–Kier alpha value is -1.00. The van der Waals surface area contributed by atoms with Crippen LogP contribution >= 0.6 is 31.9 Å². The van der Waals surface area contributed by atoms with Crippen LogP contribution in [0.2, 0.25) is 0 Å². The second-order valence-corrected chi connectivity index (χ2v) is 6.24. The Morgan fingerprint density at radius 1 is 0.818 bits per heavy atom. The first-order valence-electron chi connectivity index (χ1n) is 7.19. The molecule has 2 nitrogen and oxygen atoms in total. The van der Waals surface area contributed by atoms with Crippen molar-refractivity contribution in [2.75, 3.05) is 19.5 Å². The molecule has 0 unspecified atom stereocenters. The van der Waals surface area contributed by atoms with Crippen molar-refractivity contribution in [1.29, 1.82) is 0 Å². The van der Waals surface area contributed by atoms with Crippen molar-refractivity contribution in [3.63, 3.8) is 0 Å². The average molecular weight is 430 g/mol. The number of alkyl halides is 1. The summed E-state index contributed by atoms with van der Waals surface area (Å²) in [6, 6.07) is 16.0. The van der Waals surface area contributed by atoms with Gasteiger partial charge in [-0.3, -0.25) is 0 Å². The Morgan fingerprint density at radius 2 is 1.41 bits per heavy atom. The molecule has 0 aliphatic rings. The van der Waals surface area contributed by atoms with Crippen molar-refractivity contribution in [1.82, 2.24) is 0 Å². The third kappa shape index (κ3) is 6.84. The van der Waals surface area contributed by atoms with E-state index in [0.717, 1.165) is 27.7 Å². The fraction of sp³-hybridized carbons (Fsp3) is 0.333. The quantitative estimate of drug-likeness (QED) is 0.422. The van der Waals surface area contributed by atoms with Crippen LogP contribution in [0, 0.1) is 0 Å². The van der Waals surface area contributed by atoms with Crippen LogP contribution in [0.15, 0.2) is 53.0 Å². The van der Waals surface area contributed by atoms with Crippen molar-refractivity contribution >= 4 is 31.9 Å². The monoisotopic (exact) mass is 428 g/mol. The summed E-state index contributed by atoms with van der Waals surface area (Å²) < 4.78 is 11.3. The lowest BCUT2D eigenvalue weighted by molar-refractivity contribution is 0.409. The van der Waals surface area contributed by atoms with Gasteiger partial charge < -0.3 is 9.47 Å². The zero-order valence-electron chi connectivity index (χ0n) is 13.0. The van der Waals surface area contributed by atoms with E-state index in [0.29, 0.717) is 0 Å². The molecule has 0 spiro atoms. The van der Waals surface area contributed by atoms with Crippen LogP contribution in [-0.2, 0) is 6.42 Å². The van der Waals surface area contributed by atoms with Crippen LogP contribution in [0.5, 0.6) is 11.5 Å². The van der Waals surface area contributed by atoms with Gasteiger partial charge in [-0.15, -0.1) is 0 Å². The molecule has 4 heteroatoms. The molecule has 22 heavy (non-hydrogen) atoms. The summed E-state index contributed by atoms with van der Waals surface area (Å²) in [5.74, 6) is 1.88. The summed E-state index contributed by atoms with van der Waals surface area (Å²) in [5.41, 5.74) is 1.31. The molecule has 0 bridgehead atoms. The molecule has 0 saturated heterocycles. The second-order valence-electron chi connectivity index (χ2n) is 4.59. The van der Waals surface area contributed by atoms with E-state index in [1.165, 1.54) is 18.4 Å². The topological polar surface area (TPSA) is 18.5 Å². The Kier molecular flexibility index (Phi) is 10.0. The average Bonchev–Trinajstić information content (AvgIpc) is 2.56. The molecule has 0 N–H and O–H groups in total. The van der Waals surface area contributed by atoms with Gasteiger partial charge in [-0.1, -0.05) is 46.3 Å². The highest BCUT2D eigenvalue weighted by molar-refractivity contribution is 9.10. The minimum atomic E-state index is 0.873. The number of ether oxygens (including phenoxy) is 2. The van der Waals surface area contributed by atoms with Gasteiger partial charge in [0.25, 0.3) is 0 Å². The van der Waals surface area contributed by atoms with Crippen molar-refractivity contribution < 1.29 is 9.47 Å². The molecule has 2 aromatic rings. The fourth-order valence-corrected chi connectivity index (χ4v) is 2.77. The zero-order chi connectivity index (χ0) is 16.2. The van der Waals surface area contributed by atoms with E-state index >= 15 is 0 Å². The third-order valence-corrected chi connectivity index (χ3v) is 4.29. The fourth-order valence-electron chi connectivity index (χ4n) is 1.93. The number of para-hydroxylation sites is 2. The number of benzene rings is 2. The van der Waals surface area contributed by atoms with Crippen LogP contribution < -0.4 is 9.47 Å². The van der Waals surface area contributed by atoms with Crippen LogP contribution in [-0.4, -0.2) is 19.5 Å². The number of aryl methyl sites for hydroxylation is 1. The summed E-state index contributed by atoms with van der Waals surface area (Å²) in [6.45, 7) is 0. The van der Waals surface area contributed by atoms with E-state index in [1.807, 2.05) is 36.4 Å². The number of unbranched alkanes of at least 4 members (excludes halogenated alkanes) is 1. The lowest BCUT2D eigenvalue weighted by Gasteiger charge is -2.06. The molecule has 0 aromatic heterocycles. The van der Waals surface area contributed by atoms with Gasteiger partial charge in [0.1, 0.15) is 11.5 Å². The molecule has 0 aliphatic heterocycles. The second kappa shape index (κ2) is 11.6. The van der Waals surface area contributed by atoms with Crippen molar-refractivity contribution in [3.8, 4) is 11.5 Å². The lowest BCUT2D eigenvalue weighted by atomic mass is 10.1. The number of halogens is 2. The van der Waals surface area contributed by atoms with Gasteiger partial charge >= 0.3 is 0 Å². The third-order valence-electron chi connectivity index (χ3n) is 3.08. The molecule has 0 radical (unpaired) electrons. The normalized spacial score (nSPS) is 9.64. The lowest BCUT2D eigenvalue weighted by Crippen LogP contribution is -1.92. The predicted molar refractivity (Wildman–Crippen MR) is 100 cm³/mol. The van der Waals surface area contributed by atoms with Crippen LogP contribution in [0.3, 0.4) is 0 Å². The largest absolute Gasteiger partial charge is 0.496 e. The SMILES string of the molecule is COc1ccccc1Br.COc1ccccc1CCCCBr. The minimum Gasteiger partial charge on any atom is -0.496 e. The van der Waals surface area contributed by atoms with E-state index in [1.54, 1.807) is 14.2 Å². The molecular formula is C18H22Br2O2. The maximum absolute atomic E-state index is 5.26. The summed E-state index contributed by atoms with van der Waals surface area (Å²) >= 11 is 6.76. The predicted octanol–water partition coefficient (Wildman–Crippen LogP) is 5.87. The molecule has 0 amide bonds. The Labute approximate surface area is 150 Å². The van der Waals surface area contributed by atoms with E-state index in [4.69, 9.17) is 9.47 Å². The maximum Gasteiger partial charge on any atom is 0.133 e. The van der Waals surface area contributed by atoms with Crippen LogP contribution in [0.25, 0.3) is 0 Å². The van der Waals surface area contributed by atoms with Gasteiger partial charge in [-0.05, 0) is 59.0 Å². The molecular weight excluding hydrogens is 408 g/mol. The van der Waals surface area contributed by atoms with E-state index in [2.05, 4.69) is 44.0 Å². The van der Waals surface area contributed by atoms with E-state index in [9.17, 15) is 0 Å². The number of hydrogen-bond acceptors (Lipinski definition) is 2. The maximum atomic E-state index is 5.26. The molecule has 0 fully saturated rings. The van der Waals surface area contributed by atoms with Crippen molar-refractivity contribution in [2.45, 2.75) is 19.3 Å². The molecule has 120 valence electrons. The summed E-state index contributed by atoms with van der Waals surface area (Å²) in [5, 5.41) is 1.09. The molecule has 0 aliphatic carbocycles. The van der Waals surface area contributed by atoms with Gasteiger partial charge in [0.05, 0.1) is 18.7 Å². The standard InChI is InChI=1S/C11H15BrO.C7H7BrO/c1-13-11-8-3-2-6-10(11)7-4-5-9-12;1-9-7-5-3-2-4-6(7)8/h2-3,6,8H,4-5,7,9H2,1H3;2-5H,1H3. The first-order chi connectivity index (χ1) is 10.7. The van der Waals surface area contributed by atoms with Crippen LogP contribution in [0.4, 0.5) is 0 Å². The number of rotatable bonds is 6. The molecule has 2 aromatic carbocycles. The first kappa shape index (κ1) is 19.0. The Balaban J connectivity index is 0.000000235. The van der Waals surface area contributed by atoms with Gasteiger partial charge in [0, 0.05) is 5.33 Å². The van der Waals surface area contributed by atoms with Gasteiger partial charge in [0.2, 0.25) is 0 Å². The highest BCUT2D eigenvalue weighted by atomic mass is 79.9. The number of methoxy groups -OCH3 is 2. The Bertz CT molecular complexity index is 544. The van der Waals surface area contributed by atoms with Crippen molar-refractivity contribution in [2.24, 2.45) is 0 Å². The zero-order valence-corrected chi connectivity index (χ0v) is 16.2. The molecule has 0 heterocycles. The summed E-state index contributed by atoms with van der Waals surface area (Å²) in [6.07, 6.45) is 3.54. The number of hydrogen-bond donors (Lipinski definition) is 0. The molecule has 0 saturated carbocycles. The molecule has 2 rings (SSSR count). The van der Waals surface area contributed by atoms with Gasteiger partial charge in [-0.2, -0.15) is 0 Å². The van der Waals surface area contributed by atoms with E-state index in [-0.39, 0.29) is 0 Å². The van der Waals surface area contributed by atoms with Gasteiger partial charge in [0.15, 0.2) is 0 Å². The highest BCUT2D eigenvalue weighted by Gasteiger charge is 1.99. The molecule has 0 atom stereocenters. The summed E-state index contributed by atoms with van der Waals surface area (Å²) in [4.78, 5) is 0. The van der Waals surface area contributed by atoms with E-state index < -0.39 is 0 Å². The first-order valence-corrected chi connectivity index (χ1v) is 9.10. The van der Waals surface area contributed by atoms with Gasteiger partial charge in [-0.25, -0.2) is 0 Å². The van der Waals surface area contributed by atoms with Crippen molar-refractivity contribution in [3.05, 3.63) is 58.6 Å². The van der Waals surface area contributed by atoms with Crippen LogP contribution in [0.1, 0.15) is 18.4 Å². The Morgan fingerprint density at radius 3 is 1.95 bits per heavy atom. The smallest absolute Gasteiger partial charge is 0.133 e.